The van der Waals surface area contributed by atoms with E-state index in [1.807, 2.05) is 6.08 Å². The van der Waals surface area contributed by atoms with E-state index in [9.17, 15) is 14.4 Å². The molecule has 4 atom stereocenters. The summed E-state index contributed by atoms with van der Waals surface area (Å²) in [5.74, 6) is -3.84. The molecule has 6 N–H and O–H groups in total. The molecular weight excluding hydrogens is 274 g/mol. The van der Waals surface area contributed by atoms with E-state index in [1.54, 1.807) is 6.08 Å². The van der Waals surface area contributed by atoms with Crippen LogP contribution in [0.1, 0.15) is 6.42 Å². The number of aliphatic carboxylic acids is 2. The number of rotatable bonds is 4. The van der Waals surface area contributed by atoms with Gasteiger partial charge < -0.3 is 30.9 Å². The lowest BCUT2D eigenvalue weighted by Gasteiger charge is -2.07. The zero-order chi connectivity index (χ0) is 15.9. The van der Waals surface area contributed by atoms with Gasteiger partial charge in [0.2, 0.25) is 0 Å². The highest BCUT2D eigenvalue weighted by atomic mass is 16.5. The van der Waals surface area contributed by atoms with Crippen molar-refractivity contribution in [3.05, 3.63) is 12.2 Å². The van der Waals surface area contributed by atoms with Crippen molar-refractivity contribution in [2.75, 3.05) is 7.11 Å². The van der Waals surface area contributed by atoms with Gasteiger partial charge in [-0.15, -0.1) is 0 Å². The Kier molecular flexibility index (Phi) is 7.44. The highest BCUT2D eigenvalue weighted by molar-refractivity contribution is 5.83. The largest absolute Gasteiger partial charge is 0.479 e. The molecule has 114 valence electrons. The zero-order valence-electron chi connectivity index (χ0n) is 10.7. The van der Waals surface area contributed by atoms with Gasteiger partial charge in [0, 0.05) is 6.04 Å². The monoisotopic (exact) mass is 291 g/mol. The molecule has 9 heteroatoms. The lowest BCUT2D eigenvalue weighted by molar-refractivity contribution is -0.165. The van der Waals surface area contributed by atoms with Crippen LogP contribution >= 0.6 is 0 Å². The fourth-order valence-corrected chi connectivity index (χ4v) is 1.32. The van der Waals surface area contributed by atoms with Crippen molar-refractivity contribution in [2.24, 2.45) is 11.7 Å². The second kappa shape index (κ2) is 8.25. The van der Waals surface area contributed by atoms with Gasteiger partial charge >= 0.3 is 17.9 Å². The van der Waals surface area contributed by atoms with Gasteiger partial charge in [0.15, 0.2) is 12.2 Å². The standard InChI is InChI=1S/C7H11NO2.C4H6O6/c1-10-7(9)5-2-3-6(8)4-5;5-1(3(7)8)2(6)4(9)10/h2-3,5-6H,4,8H2,1H3;1-2,5-6H,(H,7,8)(H,9,10)/t5-,6+;/m0./s1. The number of nitrogens with two attached hydrogens (primary N) is 1. The normalized spacial score (nSPS) is 23.2. The first kappa shape index (κ1) is 18.0. The average molecular weight is 291 g/mol. The van der Waals surface area contributed by atoms with E-state index in [2.05, 4.69) is 4.74 Å². The molecule has 0 bridgehead atoms. The molecule has 0 amide bonds. The number of carboxylic acid groups (broad SMARTS) is 2. The van der Waals surface area contributed by atoms with Crippen molar-refractivity contribution in [2.45, 2.75) is 24.7 Å². The molecule has 2 unspecified atom stereocenters. The van der Waals surface area contributed by atoms with Gasteiger partial charge in [-0.05, 0) is 6.42 Å². The predicted molar refractivity (Wildman–Crippen MR) is 64.5 cm³/mol. The van der Waals surface area contributed by atoms with Gasteiger partial charge in [-0.1, -0.05) is 12.2 Å². The van der Waals surface area contributed by atoms with E-state index in [4.69, 9.17) is 26.2 Å². The maximum atomic E-state index is 10.8. The van der Waals surface area contributed by atoms with Gasteiger partial charge in [-0.2, -0.15) is 0 Å². The van der Waals surface area contributed by atoms with E-state index in [1.165, 1.54) is 7.11 Å². The van der Waals surface area contributed by atoms with Crippen molar-refractivity contribution in [1.82, 2.24) is 0 Å². The summed E-state index contributed by atoms with van der Waals surface area (Å²) < 4.78 is 4.54. The van der Waals surface area contributed by atoms with Crippen LogP contribution in [0.5, 0.6) is 0 Å². The second-order valence-corrected chi connectivity index (χ2v) is 3.98. The van der Waals surface area contributed by atoms with Crippen LogP contribution in [0.25, 0.3) is 0 Å². The number of carbonyl (C=O) groups is 3. The molecule has 20 heavy (non-hydrogen) atoms. The number of carboxylic acids is 2. The van der Waals surface area contributed by atoms with E-state index >= 15 is 0 Å². The molecule has 0 saturated carbocycles. The lowest BCUT2D eigenvalue weighted by Crippen LogP contribution is -2.39. The van der Waals surface area contributed by atoms with Crippen LogP contribution in [0.4, 0.5) is 0 Å². The molecule has 9 nitrogen and oxygen atoms in total. The Hall–Kier alpha value is -1.97. The lowest BCUT2D eigenvalue weighted by atomic mass is 10.1. The van der Waals surface area contributed by atoms with E-state index in [0.717, 1.165) is 0 Å². The molecule has 0 aromatic rings. The van der Waals surface area contributed by atoms with Crippen molar-refractivity contribution < 1.29 is 39.5 Å². The zero-order valence-corrected chi connectivity index (χ0v) is 10.7. The summed E-state index contributed by atoms with van der Waals surface area (Å²) in [6.07, 6.45) is -0.208. The quantitative estimate of drug-likeness (QED) is 0.289. The smallest absolute Gasteiger partial charge is 0.335 e. The molecule has 1 aliphatic rings. The molecule has 1 rings (SSSR count). The Morgan fingerprint density at radius 2 is 1.60 bits per heavy atom. The summed E-state index contributed by atoms with van der Waals surface area (Å²) in [4.78, 5) is 30.4. The summed E-state index contributed by atoms with van der Waals surface area (Å²) in [5, 5.41) is 32.5. The van der Waals surface area contributed by atoms with E-state index in [-0.39, 0.29) is 17.9 Å². The summed E-state index contributed by atoms with van der Waals surface area (Å²) in [6.45, 7) is 0. The molecule has 0 spiro atoms. The van der Waals surface area contributed by atoms with Crippen LogP contribution in [0.3, 0.4) is 0 Å². The average Bonchev–Trinajstić information content (AvgIpc) is 2.83. The summed E-state index contributed by atoms with van der Waals surface area (Å²) in [6, 6.07) is 0.0316. The molecule has 0 saturated heterocycles. The Balaban J connectivity index is 0.000000361. The van der Waals surface area contributed by atoms with Crippen molar-refractivity contribution in [3.63, 3.8) is 0 Å². The maximum absolute atomic E-state index is 10.8. The van der Waals surface area contributed by atoms with Crippen LogP contribution in [-0.4, -0.2) is 63.7 Å². The number of hydrogen-bond donors (Lipinski definition) is 5. The van der Waals surface area contributed by atoms with Crippen LogP contribution in [0.2, 0.25) is 0 Å². The minimum atomic E-state index is -2.27. The van der Waals surface area contributed by atoms with Crippen molar-refractivity contribution in [1.29, 1.82) is 0 Å². The molecule has 0 aromatic heterocycles. The SMILES string of the molecule is COC(=O)[C@H]1C=C[C@@H](N)C1.O=C(O)C(O)C(O)C(=O)O. The summed E-state index contributed by atoms with van der Waals surface area (Å²) >= 11 is 0. The van der Waals surface area contributed by atoms with Gasteiger partial charge in [0.05, 0.1) is 13.0 Å². The van der Waals surface area contributed by atoms with Crippen molar-refractivity contribution in [3.8, 4) is 0 Å². The Morgan fingerprint density at radius 1 is 1.15 bits per heavy atom. The molecule has 0 fully saturated rings. The second-order valence-electron chi connectivity index (χ2n) is 3.98. The number of aliphatic hydroxyl groups excluding tert-OH is 2. The minimum Gasteiger partial charge on any atom is -0.479 e. The van der Waals surface area contributed by atoms with Crippen LogP contribution < -0.4 is 5.73 Å². The fourth-order valence-electron chi connectivity index (χ4n) is 1.32. The van der Waals surface area contributed by atoms with Gasteiger partial charge in [-0.3, -0.25) is 4.79 Å². The first-order valence-electron chi connectivity index (χ1n) is 5.54. The highest BCUT2D eigenvalue weighted by Gasteiger charge is 2.29. The van der Waals surface area contributed by atoms with Crippen LogP contribution in [0.15, 0.2) is 12.2 Å². The number of ether oxygens (including phenoxy) is 1. The Labute approximate surface area is 114 Å². The van der Waals surface area contributed by atoms with Gasteiger partial charge in [0.1, 0.15) is 0 Å². The fraction of sp³-hybridized carbons (Fsp3) is 0.545. The summed E-state index contributed by atoms with van der Waals surface area (Å²) in [7, 11) is 1.39. The molecule has 0 radical (unpaired) electrons. The molecule has 0 aromatic carbocycles. The third kappa shape index (κ3) is 5.78. The first-order valence-corrected chi connectivity index (χ1v) is 5.54. The third-order valence-corrected chi connectivity index (χ3v) is 2.43. The number of aliphatic hydroxyl groups is 2. The van der Waals surface area contributed by atoms with Crippen molar-refractivity contribution >= 4 is 17.9 Å². The maximum Gasteiger partial charge on any atom is 0.335 e. The number of hydrogen-bond acceptors (Lipinski definition) is 7. The predicted octanol–water partition coefficient (Wildman–Crippen LogP) is -2.06. The van der Waals surface area contributed by atoms with Gasteiger partial charge in [0.25, 0.3) is 0 Å². The molecule has 0 aliphatic heterocycles. The van der Waals surface area contributed by atoms with E-state index in [0.29, 0.717) is 6.42 Å². The minimum absolute atomic E-state index is 0.0316. The van der Waals surface area contributed by atoms with Crippen LogP contribution in [-0.2, 0) is 19.1 Å². The number of esters is 1. The Morgan fingerprint density at radius 3 is 1.85 bits per heavy atom. The highest BCUT2D eigenvalue weighted by Crippen LogP contribution is 2.16. The topological polar surface area (TPSA) is 167 Å². The van der Waals surface area contributed by atoms with Crippen LogP contribution in [0, 0.1) is 5.92 Å². The summed E-state index contributed by atoms with van der Waals surface area (Å²) in [5.41, 5.74) is 5.52. The number of methoxy groups -OCH3 is 1. The Bertz CT molecular complexity index is 376. The van der Waals surface area contributed by atoms with Gasteiger partial charge in [-0.25, -0.2) is 9.59 Å². The first-order chi connectivity index (χ1) is 9.20. The third-order valence-electron chi connectivity index (χ3n) is 2.43. The van der Waals surface area contributed by atoms with E-state index < -0.39 is 24.1 Å². The number of carbonyl (C=O) groups excluding carboxylic acids is 1. The molecular formula is C11H17NO8. The molecule has 0 heterocycles. The molecule has 1 aliphatic carbocycles.